The van der Waals surface area contributed by atoms with Gasteiger partial charge < -0.3 is 8.98 Å². The summed E-state index contributed by atoms with van der Waals surface area (Å²) in [5.74, 6) is 0.291. The number of nitrogens with zero attached hydrogens (tertiary/aromatic N) is 1. The monoisotopic (exact) mass is 407 g/mol. The summed E-state index contributed by atoms with van der Waals surface area (Å²) in [6.07, 6.45) is 3.33. The molecule has 0 N–H and O–H groups in total. The van der Waals surface area contributed by atoms with E-state index in [9.17, 15) is 9.59 Å². The lowest BCUT2D eigenvalue weighted by atomic mass is 10.1. The maximum absolute atomic E-state index is 12.8. The molecule has 6 heteroatoms. The van der Waals surface area contributed by atoms with Gasteiger partial charge in [-0.15, -0.1) is 11.3 Å². The molecule has 4 nitrogen and oxygen atoms in total. The molecule has 0 unspecified atom stereocenters. The molecule has 0 atom stereocenters. The molecule has 0 saturated heterocycles. The number of allylic oxidation sites excluding steroid dienone is 1. The summed E-state index contributed by atoms with van der Waals surface area (Å²) in [7, 11) is 1.97. The first-order chi connectivity index (χ1) is 13.4. The highest BCUT2D eigenvalue weighted by Gasteiger charge is 2.34. The highest BCUT2D eigenvalue weighted by atomic mass is 35.5. The van der Waals surface area contributed by atoms with E-state index >= 15 is 0 Å². The number of fused-ring (bicyclic) bond motifs is 2. The summed E-state index contributed by atoms with van der Waals surface area (Å²) in [5.41, 5.74) is 3.80. The van der Waals surface area contributed by atoms with Crippen LogP contribution < -0.4 is 0 Å². The van der Waals surface area contributed by atoms with Gasteiger partial charge >= 0.3 is 0 Å². The van der Waals surface area contributed by atoms with Crippen molar-refractivity contribution in [2.45, 2.75) is 6.92 Å². The van der Waals surface area contributed by atoms with E-state index in [-0.39, 0.29) is 17.1 Å². The summed E-state index contributed by atoms with van der Waals surface area (Å²) in [5, 5.41) is 0.494. The molecule has 0 bridgehead atoms. The van der Waals surface area contributed by atoms with Gasteiger partial charge in [-0.3, -0.25) is 9.59 Å². The molecule has 138 valence electrons. The van der Waals surface area contributed by atoms with Crippen LogP contribution in [0.5, 0.6) is 0 Å². The van der Waals surface area contributed by atoms with Crippen molar-refractivity contribution in [1.29, 1.82) is 0 Å². The Hall–Kier alpha value is -2.89. The van der Waals surface area contributed by atoms with E-state index in [1.807, 2.05) is 36.7 Å². The zero-order valence-corrected chi connectivity index (χ0v) is 16.6. The Kier molecular flexibility index (Phi) is 3.73. The molecule has 3 aromatic heterocycles. The summed E-state index contributed by atoms with van der Waals surface area (Å²) >= 11 is 7.67. The highest BCUT2D eigenvalue weighted by molar-refractivity contribution is 7.19. The van der Waals surface area contributed by atoms with Crippen molar-refractivity contribution in [2.24, 2.45) is 7.05 Å². The molecule has 0 amide bonds. The zero-order valence-electron chi connectivity index (χ0n) is 15.1. The number of furan rings is 1. The van der Waals surface area contributed by atoms with Gasteiger partial charge in [-0.1, -0.05) is 11.6 Å². The van der Waals surface area contributed by atoms with Gasteiger partial charge in [0.05, 0.1) is 27.7 Å². The summed E-state index contributed by atoms with van der Waals surface area (Å²) in [6, 6.07) is 11.1. The third kappa shape index (κ3) is 2.44. The van der Waals surface area contributed by atoms with Gasteiger partial charge in [0.1, 0.15) is 5.76 Å². The topological polar surface area (TPSA) is 52.2 Å². The molecule has 1 aliphatic carbocycles. The van der Waals surface area contributed by atoms with Gasteiger partial charge in [-0.05, 0) is 55.0 Å². The van der Waals surface area contributed by atoms with E-state index in [1.54, 1.807) is 24.5 Å². The molecule has 0 saturated carbocycles. The lowest BCUT2D eigenvalue weighted by Crippen LogP contribution is -1.99. The van der Waals surface area contributed by atoms with Gasteiger partial charge in [0.25, 0.3) is 0 Å². The van der Waals surface area contributed by atoms with E-state index in [4.69, 9.17) is 16.0 Å². The van der Waals surface area contributed by atoms with Gasteiger partial charge in [0.15, 0.2) is 11.6 Å². The summed E-state index contributed by atoms with van der Waals surface area (Å²) < 4.78 is 8.60. The number of carbonyl (C=O) groups is 2. The lowest BCUT2D eigenvalue weighted by molar-refractivity contribution is 0.0990. The standard InChI is InChI=1S/C22H14ClNO3S/c1-11-6-13-14(9-16(11)23)22(26)15(21(13)25)7-12-8-18-20(28-12)10-17(24(18)2)19-4-3-5-27-19/h3-10H,1-2H3/b15-7-. The second-order valence-corrected chi connectivity index (χ2v) is 8.35. The largest absolute Gasteiger partial charge is 0.463 e. The first-order valence-corrected chi connectivity index (χ1v) is 9.88. The number of thiophene rings is 1. The van der Waals surface area contributed by atoms with Crippen LogP contribution in [0.3, 0.4) is 0 Å². The maximum atomic E-state index is 12.8. The minimum absolute atomic E-state index is 0.189. The van der Waals surface area contributed by atoms with Crippen LogP contribution in [0.4, 0.5) is 0 Å². The summed E-state index contributed by atoms with van der Waals surface area (Å²) in [6.45, 7) is 1.82. The average Bonchev–Trinajstić information content (AvgIpc) is 3.41. The molecule has 1 aromatic carbocycles. The number of Topliss-reactive ketones (excluding diaryl/α,β-unsaturated/α-hetero) is 2. The van der Waals surface area contributed by atoms with E-state index in [0.717, 1.165) is 32.1 Å². The van der Waals surface area contributed by atoms with Crippen molar-refractivity contribution in [3.63, 3.8) is 0 Å². The van der Waals surface area contributed by atoms with Crippen LogP contribution in [0, 0.1) is 6.92 Å². The molecular weight excluding hydrogens is 394 g/mol. The number of aryl methyl sites for hydroxylation is 2. The molecular formula is C22H14ClNO3S. The molecule has 3 heterocycles. The predicted octanol–water partition coefficient (Wildman–Crippen LogP) is 5.92. The number of benzene rings is 1. The van der Waals surface area contributed by atoms with Crippen molar-refractivity contribution >= 4 is 50.8 Å². The number of hydrogen-bond donors (Lipinski definition) is 0. The number of ketones is 2. The molecule has 0 fully saturated rings. The molecule has 0 radical (unpaired) electrons. The normalized spacial score (nSPS) is 15.2. The van der Waals surface area contributed by atoms with Crippen LogP contribution >= 0.6 is 22.9 Å². The van der Waals surface area contributed by atoms with Crippen LogP contribution in [0.1, 0.15) is 31.2 Å². The van der Waals surface area contributed by atoms with Gasteiger partial charge in [-0.2, -0.15) is 0 Å². The van der Waals surface area contributed by atoms with E-state index in [2.05, 4.69) is 6.07 Å². The molecule has 5 rings (SSSR count). The van der Waals surface area contributed by atoms with E-state index in [0.29, 0.717) is 16.1 Å². The van der Waals surface area contributed by atoms with Gasteiger partial charge in [-0.25, -0.2) is 0 Å². The third-order valence-electron chi connectivity index (χ3n) is 5.09. The Morgan fingerprint density at radius 3 is 2.54 bits per heavy atom. The number of hydrogen-bond acceptors (Lipinski definition) is 4. The van der Waals surface area contributed by atoms with Crippen molar-refractivity contribution in [3.8, 4) is 11.5 Å². The fourth-order valence-electron chi connectivity index (χ4n) is 3.59. The van der Waals surface area contributed by atoms with Crippen molar-refractivity contribution in [1.82, 2.24) is 4.57 Å². The van der Waals surface area contributed by atoms with E-state index in [1.165, 1.54) is 11.3 Å². The Morgan fingerprint density at radius 1 is 1.11 bits per heavy atom. The Bertz CT molecular complexity index is 1280. The zero-order chi connectivity index (χ0) is 19.6. The van der Waals surface area contributed by atoms with Crippen LogP contribution in [-0.2, 0) is 7.05 Å². The average molecular weight is 408 g/mol. The quantitative estimate of drug-likeness (QED) is 0.306. The number of carbonyl (C=O) groups excluding carboxylic acids is 2. The number of rotatable bonds is 2. The van der Waals surface area contributed by atoms with Crippen LogP contribution in [0.2, 0.25) is 5.02 Å². The third-order valence-corrected chi connectivity index (χ3v) is 6.51. The SMILES string of the molecule is Cc1cc2c(cc1Cl)C(=O)/C(=C\c1cc3c(cc(-c4ccco4)n3C)s1)C2=O. The van der Waals surface area contributed by atoms with Crippen molar-refractivity contribution in [3.05, 3.63) is 74.8 Å². The lowest BCUT2D eigenvalue weighted by Gasteiger charge is -2.00. The smallest absolute Gasteiger partial charge is 0.197 e. The van der Waals surface area contributed by atoms with Crippen LogP contribution in [-0.4, -0.2) is 16.1 Å². The second kappa shape index (κ2) is 6.06. The Balaban J connectivity index is 1.57. The predicted molar refractivity (Wildman–Crippen MR) is 111 cm³/mol. The van der Waals surface area contributed by atoms with E-state index < -0.39 is 0 Å². The Morgan fingerprint density at radius 2 is 1.86 bits per heavy atom. The highest BCUT2D eigenvalue weighted by Crippen LogP contribution is 2.36. The number of aromatic nitrogens is 1. The molecule has 0 aliphatic heterocycles. The minimum atomic E-state index is -0.268. The molecule has 1 aliphatic rings. The molecule has 4 aromatic rings. The molecule has 28 heavy (non-hydrogen) atoms. The Labute approximate surface area is 169 Å². The maximum Gasteiger partial charge on any atom is 0.197 e. The first kappa shape index (κ1) is 17.2. The molecule has 0 spiro atoms. The van der Waals surface area contributed by atoms with Gasteiger partial charge in [0.2, 0.25) is 0 Å². The first-order valence-electron chi connectivity index (χ1n) is 8.68. The van der Waals surface area contributed by atoms with Crippen LogP contribution in [0.15, 0.2) is 52.7 Å². The number of halogens is 1. The van der Waals surface area contributed by atoms with Crippen molar-refractivity contribution < 1.29 is 14.0 Å². The second-order valence-electron chi connectivity index (χ2n) is 6.83. The fraction of sp³-hybridized carbons (Fsp3) is 0.0909. The fourth-order valence-corrected chi connectivity index (χ4v) is 4.82. The summed E-state index contributed by atoms with van der Waals surface area (Å²) in [4.78, 5) is 26.4. The minimum Gasteiger partial charge on any atom is -0.463 e. The van der Waals surface area contributed by atoms with Crippen LogP contribution in [0.25, 0.3) is 27.7 Å². The van der Waals surface area contributed by atoms with Gasteiger partial charge in [0, 0.05) is 28.1 Å². The van der Waals surface area contributed by atoms with Crippen molar-refractivity contribution in [2.75, 3.05) is 0 Å².